The van der Waals surface area contributed by atoms with Crippen molar-refractivity contribution in [2.45, 2.75) is 25.9 Å². The van der Waals surface area contributed by atoms with Crippen LogP contribution in [0, 0.1) is 0 Å². The van der Waals surface area contributed by atoms with Crippen LogP contribution in [0.15, 0.2) is 24.3 Å². The Hall–Kier alpha value is -1.00. The molecule has 0 aliphatic rings. The highest BCUT2D eigenvalue weighted by Crippen LogP contribution is 2.08. The van der Waals surface area contributed by atoms with Gasteiger partial charge in [0.2, 0.25) is 5.91 Å². The van der Waals surface area contributed by atoms with E-state index in [1.165, 1.54) is 0 Å². The van der Waals surface area contributed by atoms with Gasteiger partial charge in [0.25, 0.3) is 0 Å². The van der Waals surface area contributed by atoms with Crippen LogP contribution in [0.4, 0.5) is 0 Å². The minimum absolute atomic E-state index is 0.362. The van der Waals surface area contributed by atoms with E-state index in [1.807, 2.05) is 30.0 Å². The van der Waals surface area contributed by atoms with E-state index in [9.17, 15) is 4.79 Å². The standard InChI is InChI=1S/C13H20N2OS/c1-10(7-8-17-2)15-9-11-5-3-4-6-12(11)13(14)16/h3-6,10,15H,7-9H2,1-2H3,(H2,14,16). The van der Waals surface area contributed by atoms with Gasteiger partial charge in [0.1, 0.15) is 0 Å². The molecule has 1 aromatic rings. The van der Waals surface area contributed by atoms with Crippen molar-refractivity contribution in [1.29, 1.82) is 0 Å². The van der Waals surface area contributed by atoms with Gasteiger partial charge in [0.15, 0.2) is 0 Å². The quantitative estimate of drug-likeness (QED) is 0.780. The van der Waals surface area contributed by atoms with Crippen LogP contribution >= 0.6 is 11.8 Å². The molecule has 1 unspecified atom stereocenters. The molecule has 0 saturated carbocycles. The first-order chi connectivity index (χ1) is 8.15. The van der Waals surface area contributed by atoms with Gasteiger partial charge in [-0.3, -0.25) is 4.79 Å². The molecule has 94 valence electrons. The molecule has 0 aliphatic carbocycles. The summed E-state index contributed by atoms with van der Waals surface area (Å²) in [6.45, 7) is 2.85. The van der Waals surface area contributed by atoms with Gasteiger partial charge in [0, 0.05) is 18.2 Å². The number of amides is 1. The van der Waals surface area contributed by atoms with Crippen LogP contribution in [0.2, 0.25) is 0 Å². The van der Waals surface area contributed by atoms with Gasteiger partial charge >= 0.3 is 0 Å². The second kappa shape index (κ2) is 7.35. The predicted molar refractivity (Wildman–Crippen MR) is 74.3 cm³/mol. The Morgan fingerprint density at radius 3 is 2.82 bits per heavy atom. The Morgan fingerprint density at radius 2 is 2.18 bits per heavy atom. The molecule has 4 heteroatoms. The van der Waals surface area contributed by atoms with Crippen molar-refractivity contribution < 1.29 is 4.79 Å². The highest BCUT2D eigenvalue weighted by Gasteiger charge is 2.08. The van der Waals surface area contributed by atoms with Gasteiger partial charge in [-0.25, -0.2) is 0 Å². The van der Waals surface area contributed by atoms with Gasteiger partial charge in [-0.15, -0.1) is 0 Å². The number of nitrogens with one attached hydrogen (secondary N) is 1. The lowest BCUT2D eigenvalue weighted by Gasteiger charge is -2.14. The molecule has 17 heavy (non-hydrogen) atoms. The summed E-state index contributed by atoms with van der Waals surface area (Å²) in [5.74, 6) is 0.783. The van der Waals surface area contributed by atoms with Gasteiger partial charge in [-0.2, -0.15) is 11.8 Å². The molecule has 3 N–H and O–H groups in total. The van der Waals surface area contributed by atoms with Crippen LogP contribution in [0.1, 0.15) is 29.3 Å². The second-order valence-corrected chi connectivity index (χ2v) is 5.07. The molecule has 0 heterocycles. The number of thioether (sulfide) groups is 1. The number of rotatable bonds is 7. The van der Waals surface area contributed by atoms with Gasteiger partial charge in [0.05, 0.1) is 0 Å². The zero-order valence-corrected chi connectivity index (χ0v) is 11.2. The SMILES string of the molecule is CSCCC(C)NCc1ccccc1C(N)=O. The first-order valence-corrected chi connectivity index (χ1v) is 7.14. The highest BCUT2D eigenvalue weighted by molar-refractivity contribution is 7.98. The van der Waals surface area contributed by atoms with Crippen LogP contribution in [-0.4, -0.2) is 24.0 Å². The Bertz CT molecular complexity index is 368. The van der Waals surface area contributed by atoms with Crippen LogP contribution < -0.4 is 11.1 Å². The normalized spacial score (nSPS) is 12.4. The molecule has 1 amide bonds. The predicted octanol–water partition coefficient (Wildman–Crippen LogP) is 2.02. The number of hydrogen-bond acceptors (Lipinski definition) is 3. The summed E-state index contributed by atoms with van der Waals surface area (Å²) in [6, 6.07) is 7.92. The van der Waals surface area contributed by atoms with E-state index in [2.05, 4.69) is 18.5 Å². The zero-order valence-electron chi connectivity index (χ0n) is 10.4. The number of hydrogen-bond donors (Lipinski definition) is 2. The molecule has 0 aliphatic heterocycles. The molecule has 0 saturated heterocycles. The number of benzene rings is 1. The lowest BCUT2D eigenvalue weighted by molar-refractivity contribution is 0.0999. The summed E-state index contributed by atoms with van der Waals surface area (Å²) in [4.78, 5) is 11.2. The maximum atomic E-state index is 11.2. The van der Waals surface area contributed by atoms with E-state index < -0.39 is 0 Å². The number of carbonyl (C=O) groups is 1. The fourth-order valence-electron chi connectivity index (χ4n) is 1.60. The van der Waals surface area contributed by atoms with Crippen molar-refractivity contribution in [3.8, 4) is 0 Å². The van der Waals surface area contributed by atoms with Crippen molar-refractivity contribution in [2.24, 2.45) is 5.73 Å². The molecule has 0 spiro atoms. The van der Waals surface area contributed by atoms with E-state index in [1.54, 1.807) is 6.07 Å². The van der Waals surface area contributed by atoms with Crippen molar-refractivity contribution in [2.75, 3.05) is 12.0 Å². The van der Waals surface area contributed by atoms with Gasteiger partial charge < -0.3 is 11.1 Å². The first-order valence-electron chi connectivity index (χ1n) is 5.75. The molecule has 0 aromatic heterocycles. The first kappa shape index (κ1) is 14.1. The van der Waals surface area contributed by atoms with Gasteiger partial charge in [-0.05, 0) is 37.0 Å². The summed E-state index contributed by atoms with van der Waals surface area (Å²) >= 11 is 1.85. The monoisotopic (exact) mass is 252 g/mol. The summed E-state index contributed by atoms with van der Waals surface area (Å²) in [5, 5.41) is 3.41. The number of carbonyl (C=O) groups excluding carboxylic acids is 1. The van der Waals surface area contributed by atoms with E-state index >= 15 is 0 Å². The minimum atomic E-state index is -0.362. The summed E-state index contributed by atoms with van der Waals surface area (Å²) in [5.41, 5.74) is 6.91. The Balaban J connectivity index is 2.54. The van der Waals surface area contributed by atoms with E-state index in [4.69, 9.17) is 5.73 Å². The molecule has 0 bridgehead atoms. The summed E-state index contributed by atoms with van der Waals surface area (Å²) in [6.07, 6.45) is 3.23. The van der Waals surface area contributed by atoms with Gasteiger partial charge in [-0.1, -0.05) is 18.2 Å². The van der Waals surface area contributed by atoms with Crippen molar-refractivity contribution >= 4 is 17.7 Å². The highest BCUT2D eigenvalue weighted by atomic mass is 32.2. The van der Waals surface area contributed by atoms with E-state index in [0.717, 1.165) is 17.7 Å². The smallest absolute Gasteiger partial charge is 0.249 e. The topological polar surface area (TPSA) is 55.1 Å². The summed E-state index contributed by atoms with van der Waals surface area (Å²) < 4.78 is 0. The Morgan fingerprint density at radius 1 is 1.47 bits per heavy atom. The molecule has 1 aromatic carbocycles. The Labute approximate surface area is 107 Å². The maximum absolute atomic E-state index is 11.2. The number of primary amides is 1. The van der Waals surface area contributed by atoms with E-state index in [0.29, 0.717) is 18.2 Å². The maximum Gasteiger partial charge on any atom is 0.249 e. The minimum Gasteiger partial charge on any atom is -0.366 e. The third-order valence-electron chi connectivity index (χ3n) is 2.68. The van der Waals surface area contributed by atoms with Crippen LogP contribution in [-0.2, 0) is 6.54 Å². The van der Waals surface area contributed by atoms with Crippen LogP contribution in [0.5, 0.6) is 0 Å². The van der Waals surface area contributed by atoms with E-state index in [-0.39, 0.29) is 5.91 Å². The molecule has 0 radical (unpaired) electrons. The number of nitrogens with two attached hydrogens (primary N) is 1. The van der Waals surface area contributed by atoms with Crippen molar-refractivity contribution in [3.05, 3.63) is 35.4 Å². The average Bonchev–Trinajstić information content (AvgIpc) is 2.34. The molecular formula is C13H20N2OS. The zero-order chi connectivity index (χ0) is 12.7. The van der Waals surface area contributed by atoms with Crippen molar-refractivity contribution in [1.82, 2.24) is 5.32 Å². The van der Waals surface area contributed by atoms with Crippen LogP contribution in [0.3, 0.4) is 0 Å². The average molecular weight is 252 g/mol. The molecule has 1 rings (SSSR count). The molecule has 1 atom stereocenters. The lowest BCUT2D eigenvalue weighted by atomic mass is 10.1. The third-order valence-corrected chi connectivity index (χ3v) is 3.32. The third kappa shape index (κ3) is 4.79. The largest absolute Gasteiger partial charge is 0.366 e. The van der Waals surface area contributed by atoms with Crippen molar-refractivity contribution in [3.63, 3.8) is 0 Å². The fraction of sp³-hybridized carbons (Fsp3) is 0.462. The second-order valence-electron chi connectivity index (χ2n) is 4.08. The molecular weight excluding hydrogens is 232 g/mol. The summed E-state index contributed by atoms with van der Waals surface area (Å²) in [7, 11) is 0. The Kier molecular flexibility index (Phi) is 6.08. The lowest BCUT2D eigenvalue weighted by Crippen LogP contribution is -2.27. The van der Waals surface area contributed by atoms with Crippen LogP contribution in [0.25, 0.3) is 0 Å². The molecule has 0 fully saturated rings. The molecule has 3 nitrogen and oxygen atoms in total. The fourth-order valence-corrected chi connectivity index (χ4v) is 2.18.